The Morgan fingerprint density at radius 1 is 1.24 bits per heavy atom. The van der Waals surface area contributed by atoms with Crippen molar-refractivity contribution >= 4 is 11.9 Å². The fraction of sp³-hybridized carbons (Fsp3) is 0.667. The van der Waals surface area contributed by atoms with Crippen molar-refractivity contribution in [1.29, 1.82) is 5.26 Å². The van der Waals surface area contributed by atoms with Crippen molar-refractivity contribution in [2.24, 2.45) is 11.8 Å². The number of likely N-dealkylation sites (tertiary alicyclic amines) is 1. The van der Waals surface area contributed by atoms with Crippen LogP contribution >= 0.6 is 0 Å². The summed E-state index contributed by atoms with van der Waals surface area (Å²) in [5.41, 5.74) is 0. The van der Waals surface area contributed by atoms with Crippen LogP contribution < -0.4 is 10.2 Å². The molecule has 1 saturated carbocycles. The lowest BCUT2D eigenvalue weighted by Crippen LogP contribution is -2.53. The molecule has 2 bridgehead atoms. The quantitative estimate of drug-likeness (QED) is 0.872. The Balaban J connectivity index is 1.34. The summed E-state index contributed by atoms with van der Waals surface area (Å²) in [6.45, 7) is 2.95. The number of aromatic nitrogens is 2. The minimum atomic E-state index is -0.233. The standard InChI is InChI=1S/C18H24N6O/c19-9-15-3-1-8-24(15)16(25)10-22-17-13-4-5-14(17)12-23(11-13)18-20-6-2-7-21-18/h2,6-7,13-15,17,22H,1,3-5,8,10-12H2. The molecule has 2 aliphatic heterocycles. The fourth-order valence-corrected chi connectivity index (χ4v) is 4.68. The van der Waals surface area contributed by atoms with Crippen LogP contribution in [0.4, 0.5) is 5.95 Å². The molecule has 3 atom stereocenters. The van der Waals surface area contributed by atoms with Crippen molar-refractivity contribution in [2.75, 3.05) is 31.1 Å². The van der Waals surface area contributed by atoms with E-state index in [1.807, 2.05) is 6.07 Å². The summed E-state index contributed by atoms with van der Waals surface area (Å²) in [4.78, 5) is 25.2. The van der Waals surface area contributed by atoms with Gasteiger partial charge in [0.25, 0.3) is 0 Å². The molecule has 1 aliphatic carbocycles. The number of fused-ring (bicyclic) bond motifs is 2. The minimum Gasteiger partial charge on any atom is -0.340 e. The molecule has 4 rings (SSSR count). The first-order valence-electron chi connectivity index (χ1n) is 9.20. The van der Waals surface area contributed by atoms with E-state index in [2.05, 4.69) is 26.3 Å². The van der Waals surface area contributed by atoms with Gasteiger partial charge in [0.15, 0.2) is 0 Å². The second-order valence-electron chi connectivity index (χ2n) is 7.33. The van der Waals surface area contributed by atoms with Crippen LogP contribution in [0.15, 0.2) is 18.5 Å². The molecule has 3 aliphatic rings. The van der Waals surface area contributed by atoms with Crippen LogP contribution in [0.25, 0.3) is 0 Å². The highest BCUT2D eigenvalue weighted by Crippen LogP contribution is 2.37. The van der Waals surface area contributed by atoms with Crippen LogP contribution in [0.3, 0.4) is 0 Å². The summed E-state index contributed by atoms with van der Waals surface area (Å²) in [7, 11) is 0. The van der Waals surface area contributed by atoms with Gasteiger partial charge >= 0.3 is 0 Å². The smallest absolute Gasteiger partial charge is 0.237 e. The fourth-order valence-electron chi connectivity index (χ4n) is 4.68. The average Bonchev–Trinajstić information content (AvgIpc) is 3.22. The topological polar surface area (TPSA) is 85.2 Å². The van der Waals surface area contributed by atoms with E-state index in [0.717, 1.165) is 38.4 Å². The van der Waals surface area contributed by atoms with E-state index in [-0.39, 0.29) is 11.9 Å². The zero-order valence-corrected chi connectivity index (χ0v) is 14.3. The predicted molar refractivity (Wildman–Crippen MR) is 92.6 cm³/mol. The molecule has 0 spiro atoms. The molecule has 3 heterocycles. The molecule has 132 valence electrons. The number of carbonyl (C=O) groups is 1. The number of carbonyl (C=O) groups excluding carboxylic acids is 1. The number of rotatable bonds is 4. The molecule has 1 amide bonds. The highest BCUT2D eigenvalue weighted by Gasteiger charge is 2.42. The van der Waals surface area contributed by atoms with Gasteiger partial charge in [-0.05, 0) is 43.6 Å². The first kappa shape index (κ1) is 16.3. The van der Waals surface area contributed by atoms with Crippen LogP contribution in [0.5, 0.6) is 0 Å². The van der Waals surface area contributed by atoms with Crippen molar-refractivity contribution < 1.29 is 4.79 Å². The molecular weight excluding hydrogens is 316 g/mol. The van der Waals surface area contributed by atoms with Gasteiger partial charge in [0.05, 0.1) is 12.6 Å². The highest BCUT2D eigenvalue weighted by molar-refractivity contribution is 5.79. The van der Waals surface area contributed by atoms with Gasteiger partial charge in [0, 0.05) is 38.1 Å². The van der Waals surface area contributed by atoms with Crippen molar-refractivity contribution in [3.8, 4) is 6.07 Å². The number of hydrogen-bond acceptors (Lipinski definition) is 6. The van der Waals surface area contributed by atoms with E-state index < -0.39 is 0 Å². The van der Waals surface area contributed by atoms with E-state index in [0.29, 0.717) is 24.4 Å². The molecule has 2 saturated heterocycles. The Kier molecular flexibility index (Phi) is 4.53. The van der Waals surface area contributed by atoms with E-state index in [9.17, 15) is 4.79 Å². The van der Waals surface area contributed by atoms with Gasteiger partial charge in [0.2, 0.25) is 11.9 Å². The maximum Gasteiger partial charge on any atom is 0.237 e. The number of piperidine rings is 1. The summed E-state index contributed by atoms with van der Waals surface area (Å²) in [6.07, 6.45) is 7.69. The molecule has 0 aromatic carbocycles. The van der Waals surface area contributed by atoms with Crippen LogP contribution in [0, 0.1) is 23.2 Å². The van der Waals surface area contributed by atoms with Gasteiger partial charge in [-0.25, -0.2) is 9.97 Å². The van der Waals surface area contributed by atoms with Crippen LogP contribution in [0.1, 0.15) is 25.7 Å². The number of nitriles is 1. The maximum atomic E-state index is 12.5. The van der Waals surface area contributed by atoms with Gasteiger partial charge in [-0.3, -0.25) is 4.79 Å². The molecular formula is C18H24N6O. The van der Waals surface area contributed by atoms with Crippen LogP contribution in [-0.2, 0) is 4.79 Å². The van der Waals surface area contributed by atoms with Crippen LogP contribution in [-0.4, -0.2) is 59.0 Å². The largest absolute Gasteiger partial charge is 0.340 e. The maximum absolute atomic E-state index is 12.5. The molecule has 7 nitrogen and oxygen atoms in total. The van der Waals surface area contributed by atoms with Crippen molar-refractivity contribution in [2.45, 2.75) is 37.8 Å². The summed E-state index contributed by atoms with van der Waals surface area (Å²) >= 11 is 0. The molecule has 1 aromatic heterocycles. The van der Waals surface area contributed by atoms with E-state index in [1.54, 1.807) is 17.3 Å². The van der Waals surface area contributed by atoms with E-state index in [1.165, 1.54) is 12.8 Å². The highest BCUT2D eigenvalue weighted by atomic mass is 16.2. The number of hydrogen-bond donors (Lipinski definition) is 1. The number of anilines is 1. The van der Waals surface area contributed by atoms with Gasteiger partial charge in [-0.1, -0.05) is 0 Å². The molecule has 1 aromatic rings. The normalized spacial score (nSPS) is 31.2. The van der Waals surface area contributed by atoms with Crippen molar-refractivity contribution in [1.82, 2.24) is 20.2 Å². The number of amides is 1. The molecule has 3 unspecified atom stereocenters. The average molecular weight is 340 g/mol. The van der Waals surface area contributed by atoms with E-state index >= 15 is 0 Å². The molecule has 1 N–H and O–H groups in total. The molecule has 0 radical (unpaired) electrons. The Labute approximate surface area is 148 Å². The zero-order valence-electron chi connectivity index (χ0n) is 14.3. The van der Waals surface area contributed by atoms with Crippen LogP contribution in [0.2, 0.25) is 0 Å². The van der Waals surface area contributed by atoms with Gasteiger partial charge in [-0.15, -0.1) is 0 Å². The lowest BCUT2D eigenvalue weighted by molar-refractivity contribution is -0.130. The monoisotopic (exact) mass is 340 g/mol. The number of nitrogens with zero attached hydrogens (tertiary/aromatic N) is 5. The third-order valence-corrected chi connectivity index (χ3v) is 5.88. The summed E-state index contributed by atoms with van der Waals surface area (Å²) < 4.78 is 0. The van der Waals surface area contributed by atoms with Gasteiger partial charge in [0.1, 0.15) is 6.04 Å². The summed E-state index contributed by atoms with van der Waals surface area (Å²) in [5.74, 6) is 1.93. The lowest BCUT2D eigenvalue weighted by atomic mass is 9.92. The first-order chi connectivity index (χ1) is 12.3. The predicted octanol–water partition coefficient (Wildman–Crippen LogP) is 0.796. The minimum absolute atomic E-state index is 0.0669. The Morgan fingerprint density at radius 2 is 1.96 bits per heavy atom. The molecule has 25 heavy (non-hydrogen) atoms. The van der Waals surface area contributed by atoms with E-state index in [4.69, 9.17) is 5.26 Å². The zero-order chi connectivity index (χ0) is 17.2. The SMILES string of the molecule is N#CC1CCCN1C(=O)CNC1C2CCC1CN(c1ncccn1)C2. The molecule has 7 heteroatoms. The van der Waals surface area contributed by atoms with Crippen molar-refractivity contribution in [3.63, 3.8) is 0 Å². The summed E-state index contributed by atoms with van der Waals surface area (Å²) in [6, 6.07) is 4.23. The second kappa shape index (κ2) is 6.96. The molecule has 3 fully saturated rings. The second-order valence-corrected chi connectivity index (χ2v) is 7.33. The number of nitrogens with one attached hydrogen (secondary N) is 1. The Bertz CT molecular complexity index is 645. The Morgan fingerprint density at radius 3 is 2.64 bits per heavy atom. The van der Waals surface area contributed by atoms with Crippen molar-refractivity contribution in [3.05, 3.63) is 18.5 Å². The van der Waals surface area contributed by atoms with Gasteiger partial charge in [-0.2, -0.15) is 5.26 Å². The van der Waals surface area contributed by atoms with Gasteiger partial charge < -0.3 is 15.1 Å². The first-order valence-corrected chi connectivity index (χ1v) is 9.20. The third kappa shape index (κ3) is 3.19. The summed E-state index contributed by atoms with van der Waals surface area (Å²) in [5, 5.41) is 12.7. The Hall–Kier alpha value is -2.20. The third-order valence-electron chi connectivity index (χ3n) is 5.88. The lowest BCUT2D eigenvalue weighted by Gasteiger charge is -2.38.